The summed E-state index contributed by atoms with van der Waals surface area (Å²) in [4.78, 5) is 0. The Morgan fingerprint density at radius 2 is 0.743 bits per heavy atom. The van der Waals surface area contributed by atoms with E-state index in [9.17, 15) is 0 Å². The number of fused-ring (bicyclic) bond motifs is 6. The van der Waals surface area contributed by atoms with Crippen molar-refractivity contribution in [1.29, 1.82) is 0 Å². The molecule has 2 aliphatic rings. The van der Waals surface area contributed by atoms with Crippen molar-refractivity contribution in [2.75, 3.05) is 0 Å². The van der Waals surface area contributed by atoms with E-state index in [4.69, 9.17) is 4.74 Å². The molecule has 0 spiro atoms. The zero-order chi connectivity index (χ0) is 24.5. The molecule has 0 atom stereocenters. The standard InChI is InChI=1S/C30H22Br4O/c1-3-29(25-13-17(31)5-9-21(25)22-10-6-18(32)14-26(22)29)35-30(4-2)27-15-19(33)7-11-23(27)24-12-8-20(34)16-28(24)30/h5-16H,3-4H2,1-2H3. The number of hydrogen-bond acceptors (Lipinski definition) is 1. The van der Waals surface area contributed by atoms with Gasteiger partial charge in [-0.1, -0.05) is 102 Å². The molecule has 0 amide bonds. The predicted molar refractivity (Wildman–Crippen MR) is 158 cm³/mol. The van der Waals surface area contributed by atoms with Crippen molar-refractivity contribution in [2.24, 2.45) is 0 Å². The summed E-state index contributed by atoms with van der Waals surface area (Å²) in [6, 6.07) is 26.4. The van der Waals surface area contributed by atoms with Gasteiger partial charge in [-0.05, 0) is 106 Å². The lowest BCUT2D eigenvalue weighted by Crippen LogP contribution is -2.40. The van der Waals surface area contributed by atoms with E-state index in [2.05, 4.69) is 150 Å². The molecule has 35 heavy (non-hydrogen) atoms. The average molecular weight is 718 g/mol. The minimum atomic E-state index is -0.599. The van der Waals surface area contributed by atoms with Crippen LogP contribution in [0.15, 0.2) is 90.7 Å². The Morgan fingerprint density at radius 3 is 0.971 bits per heavy atom. The smallest absolute Gasteiger partial charge is 0.121 e. The third-order valence-corrected chi connectivity index (χ3v) is 9.56. The van der Waals surface area contributed by atoms with Gasteiger partial charge in [0.2, 0.25) is 0 Å². The number of halogens is 4. The fourth-order valence-electron chi connectivity index (χ4n) is 6.06. The first-order chi connectivity index (χ1) is 16.8. The van der Waals surface area contributed by atoms with Gasteiger partial charge in [0, 0.05) is 17.9 Å². The highest BCUT2D eigenvalue weighted by molar-refractivity contribution is 9.11. The maximum atomic E-state index is 7.69. The van der Waals surface area contributed by atoms with Gasteiger partial charge in [0.1, 0.15) is 11.2 Å². The topological polar surface area (TPSA) is 9.23 Å². The van der Waals surface area contributed by atoms with E-state index in [0.717, 1.165) is 30.7 Å². The molecule has 1 nitrogen and oxygen atoms in total. The van der Waals surface area contributed by atoms with E-state index >= 15 is 0 Å². The van der Waals surface area contributed by atoms with Crippen LogP contribution in [-0.4, -0.2) is 0 Å². The van der Waals surface area contributed by atoms with Crippen LogP contribution < -0.4 is 0 Å². The van der Waals surface area contributed by atoms with Crippen LogP contribution in [-0.2, 0) is 15.9 Å². The highest BCUT2D eigenvalue weighted by Crippen LogP contribution is 2.60. The van der Waals surface area contributed by atoms with Gasteiger partial charge in [-0.25, -0.2) is 0 Å². The van der Waals surface area contributed by atoms with Crippen molar-refractivity contribution in [3.05, 3.63) is 113 Å². The summed E-state index contributed by atoms with van der Waals surface area (Å²) in [5.74, 6) is 0. The maximum absolute atomic E-state index is 7.69. The Labute approximate surface area is 239 Å². The molecule has 5 heteroatoms. The fraction of sp³-hybridized carbons (Fsp3) is 0.200. The summed E-state index contributed by atoms with van der Waals surface area (Å²) >= 11 is 15.0. The van der Waals surface area contributed by atoms with Crippen LogP contribution in [0.1, 0.15) is 48.9 Å². The molecule has 0 radical (unpaired) electrons. The van der Waals surface area contributed by atoms with Crippen LogP contribution in [0.25, 0.3) is 22.3 Å². The van der Waals surface area contributed by atoms with Crippen LogP contribution in [0.3, 0.4) is 0 Å². The Balaban J connectivity index is 1.67. The second-order valence-electron chi connectivity index (χ2n) is 9.22. The summed E-state index contributed by atoms with van der Waals surface area (Å²) in [6.07, 6.45) is 1.63. The largest absolute Gasteiger partial charge is 0.350 e. The highest BCUT2D eigenvalue weighted by Gasteiger charge is 2.53. The van der Waals surface area contributed by atoms with Crippen molar-refractivity contribution in [3.63, 3.8) is 0 Å². The normalized spacial score (nSPS) is 15.9. The third-order valence-electron chi connectivity index (χ3n) is 7.59. The van der Waals surface area contributed by atoms with Crippen molar-refractivity contribution >= 4 is 63.7 Å². The third kappa shape index (κ3) is 3.45. The number of hydrogen-bond donors (Lipinski definition) is 0. The van der Waals surface area contributed by atoms with Crippen LogP contribution in [0, 0.1) is 0 Å². The van der Waals surface area contributed by atoms with E-state index in [1.807, 2.05) is 0 Å². The van der Waals surface area contributed by atoms with Gasteiger partial charge in [-0.15, -0.1) is 0 Å². The molecule has 0 saturated carbocycles. The molecule has 0 heterocycles. The van der Waals surface area contributed by atoms with Crippen molar-refractivity contribution in [2.45, 2.75) is 37.9 Å². The van der Waals surface area contributed by atoms with Gasteiger partial charge in [0.15, 0.2) is 0 Å². The molecule has 4 aromatic rings. The monoisotopic (exact) mass is 714 g/mol. The molecule has 4 aromatic carbocycles. The molecule has 0 bridgehead atoms. The molecule has 2 aliphatic carbocycles. The lowest BCUT2D eigenvalue weighted by atomic mass is 9.83. The van der Waals surface area contributed by atoms with E-state index in [0.29, 0.717) is 0 Å². The summed E-state index contributed by atoms with van der Waals surface area (Å²) in [5, 5.41) is 0. The zero-order valence-corrected chi connectivity index (χ0v) is 25.6. The molecule has 0 aromatic heterocycles. The molecule has 176 valence electrons. The van der Waals surface area contributed by atoms with E-state index in [1.54, 1.807) is 0 Å². The first-order valence-electron chi connectivity index (χ1n) is 11.7. The first-order valence-corrected chi connectivity index (χ1v) is 14.9. The Morgan fingerprint density at radius 1 is 0.486 bits per heavy atom. The molecule has 0 fully saturated rings. The van der Waals surface area contributed by atoms with E-state index in [1.165, 1.54) is 44.5 Å². The van der Waals surface area contributed by atoms with Crippen LogP contribution >= 0.6 is 63.7 Å². The summed E-state index contributed by atoms with van der Waals surface area (Å²) in [5.41, 5.74) is 8.64. The molecule has 0 N–H and O–H groups in total. The molecule has 0 saturated heterocycles. The first kappa shape index (κ1) is 24.1. The van der Waals surface area contributed by atoms with Crippen LogP contribution in [0.2, 0.25) is 0 Å². The van der Waals surface area contributed by atoms with E-state index < -0.39 is 11.2 Å². The SMILES string of the molecule is CCC1(OC2(CC)c3cc(Br)ccc3-c3ccc(Br)cc32)c2cc(Br)ccc2-c2ccc(Br)cc21. The summed E-state index contributed by atoms with van der Waals surface area (Å²) < 4.78 is 11.9. The van der Waals surface area contributed by atoms with Crippen molar-refractivity contribution in [1.82, 2.24) is 0 Å². The Kier molecular flexibility index (Phi) is 5.97. The van der Waals surface area contributed by atoms with E-state index in [-0.39, 0.29) is 0 Å². The summed E-state index contributed by atoms with van der Waals surface area (Å²) in [7, 11) is 0. The summed E-state index contributed by atoms with van der Waals surface area (Å²) in [6.45, 7) is 4.48. The van der Waals surface area contributed by atoms with Gasteiger partial charge >= 0.3 is 0 Å². The van der Waals surface area contributed by atoms with Gasteiger partial charge in [0.05, 0.1) is 0 Å². The van der Waals surface area contributed by atoms with Gasteiger partial charge in [-0.3, -0.25) is 0 Å². The second kappa shape index (κ2) is 8.66. The van der Waals surface area contributed by atoms with Crippen LogP contribution in [0.4, 0.5) is 0 Å². The average Bonchev–Trinajstić information content (AvgIpc) is 3.25. The lowest BCUT2D eigenvalue weighted by molar-refractivity contribution is -0.125. The molecule has 0 unspecified atom stereocenters. The number of rotatable bonds is 4. The lowest BCUT2D eigenvalue weighted by Gasteiger charge is -2.42. The Bertz CT molecular complexity index is 1290. The van der Waals surface area contributed by atoms with Crippen molar-refractivity contribution in [3.8, 4) is 22.3 Å². The molecule has 6 rings (SSSR count). The van der Waals surface area contributed by atoms with Crippen LogP contribution in [0.5, 0.6) is 0 Å². The highest BCUT2D eigenvalue weighted by atomic mass is 79.9. The number of ether oxygens (including phenoxy) is 1. The predicted octanol–water partition coefficient (Wildman–Crippen LogP) is 10.7. The van der Waals surface area contributed by atoms with Gasteiger partial charge < -0.3 is 4.74 Å². The minimum absolute atomic E-state index is 0.599. The zero-order valence-electron chi connectivity index (χ0n) is 19.3. The molecule has 0 aliphatic heterocycles. The maximum Gasteiger partial charge on any atom is 0.121 e. The fourth-order valence-corrected chi connectivity index (χ4v) is 7.50. The quantitative estimate of drug-likeness (QED) is 0.204. The van der Waals surface area contributed by atoms with Crippen molar-refractivity contribution < 1.29 is 4.74 Å². The minimum Gasteiger partial charge on any atom is -0.350 e. The molecular formula is C30H22Br4O. The second-order valence-corrected chi connectivity index (χ2v) is 12.9. The van der Waals surface area contributed by atoms with Gasteiger partial charge in [0.25, 0.3) is 0 Å². The Hall–Kier alpha value is -1.24. The van der Waals surface area contributed by atoms with Gasteiger partial charge in [-0.2, -0.15) is 0 Å². The number of benzene rings is 4. The molecular weight excluding hydrogens is 696 g/mol.